The van der Waals surface area contributed by atoms with E-state index in [9.17, 15) is 4.79 Å². The summed E-state index contributed by atoms with van der Waals surface area (Å²) in [6.07, 6.45) is 0. The van der Waals surface area contributed by atoms with Crippen LogP contribution < -0.4 is 5.32 Å². The quantitative estimate of drug-likeness (QED) is 0.728. The van der Waals surface area contributed by atoms with Crippen molar-refractivity contribution in [1.82, 2.24) is 10.3 Å². The number of thiazole rings is 1. The van der Waals surface area contributed by atoms with Crippen LogP contribution in [0.15, 0.2) is 40.1 Å². The van der Waals surface area contributed by atoms with Crippen LogP contribution in [-0.2, 0) is 0 Å². The first-order valence-electron chi connectivity index (χ1n) is 6.11. The molecule has 0 atom stereocenters. The monoisotopic (exact) mass is 304 g/mol. The van der Waals surface area contributed by atoms with Gasteiger partial charge < -0.3 is 9.73 Å². The highest BCUT2D eigenvalue weighted by molar-refractivity contribution is 7.80. The summed E-state index contributed by atoms with van der Waals surface area (Å²) in [5.74, 6) is 1.11. The second-order valence-electron chi connectivity index (χ2n) is 4.17. The number of rotatable bonds is 4. The minimum absolute atomic E-state index is 0.183. The Hall–Kier alpha value is -1.79. The smallest absolute Gasteiger partial charge is 0.270 e. The molecule has 0 saturated carbocycles. The van der Waals surface area contributed by atoms with Gasteiger partial charge in [-0.05, 0) is 12.1 Å². The highest BCUT2D eigenvalue weighted by Crippen LogP contribution is 2.29. The van der Waals surface area contributed by atoms with Gasteiger partial charge in [0.25, 0.3) is 5.91 Å². The van der Waals surface area contributed by atoms with Crippen molar-refractivity contribution >= 4 is 40.8 Å². The first-order valence-corrected chi connectivity index (χ1v) is 7.62. The molecule has 0 bridgehead atoms. The Morgan fingerprint density at radius 3 is 3.05 bits per heavy atom. The summed E-state index contributed by atoms with van der Waals surface area (Å²) in [7, 11) is 0. The maximum absolute atomic E-state index is 11.8. The van der Waals surface area contributed by atoms with E-state index >= 15 is 0 Å². The van der Waals surface area contributed by atoms with Gasteiger partial charge in [0.05, 0.1) is 0 Å². The fourth-order valence-corrected chi connectivity index (χ4v) is 2.70. The summed E-state index contributed by atoms with van der Waals surface area (Å²) < 4.78 is 5.73. The number of hydrogen-bond acceptors (Lipinski definition) is 5. The third-order valence-corrected chi connectivity index (χ3v) is 3.85. The molecule has 0 spiro atoms. The molecule has 0 radical (unpaired) electrons. The number of aromatic nitrogens is 1. The molecule has 20 heavy (non-hydrogen) atoms. The maximum Gasteiger partial charge on any atom is 0.270 e. The van der Waals surface area contributed by atoms with Crippen LogP contribution in [0, 0.1) is 0 Å². The zero-order chi connectivity index (χ0) is 13.9. The zero-order valence-electron chi connectivity index (χ0n) is 10.5. The number of carbonyl (C=O) groups is 1. The molecule has 0 unspecified atom stereocenters. The topological polar surface area (TPSA) is 55.1 Å². The van der Waals surface area contributed by atoms with Crippen molar-refractivity contribution in [2.75, 3.05) is 12.3 Å². The van der Waals surface area contributed by atoms with Gasteiger partial charge in [-0.1, -0.05) is 18.2 Å². The molecule has 1 amide bonds. The Morgan fingerprint density at radius 1 is 1.40 bits per heavy atom. The van der Waals surface area contributed by atoms with Gasteiger partial charge in [-0.25, -0.2) is 4.98 Å². The van der Waals surface area contributed by atoms with Crippen LogP contribution in [-0.4, -0.2) is 23.2 Å². The number of nitrogens with one attached hydrogen (secondary N) is 1. The lowest BCUT2D eigenvalue weighted by atomic mass is 10.2. The Balaban J connectivity index is 1.87. The molecule has 0 fully saturated rings. The molecule has 3 rings (SSSR count). The number of thiol groups is 1. The zero-order valence-corrected chi connectivity index (χ0v) is 12.2. The Morgan fingerprint density at radius 2 is 2.25 bits per heavy atom. The highest BCUT2D eigenvalue weighted by Gasteiger charge is 2.14. The SMILES string of the molecule is O=C(NCCS)c1csc(-c2cc3ccccc3o2)n1. The number of amides is 1. The third kappa shape index (κ3) is 2.57. The molecule has 0 aliphatic heterocycles. The van der Waals surface area contributed by atoms with Crippen LogP contribution in [0.1, 0.15) is 10.5 Å². The van der Waals surface area contributed by atoms with Crippen LogP contribution >= 0.6 is 24.0 Å². The van der Waals surface area contributed by atoms with Crippen molar-refractivity contribution in [1.29, 1.82) is 0 Å². The largest absolute Gasteiger partial charge is 0.454 e. The fraction of sp³-hybridized carbons (Fsp3) is 0.143. The van der Waals surface area contributed by atoms with Crippen molar-refractivity contribution in [3.05, 3.63) is 41.4 Å². The number of para-hydroxylation sites is 1. The lowest BCUT2D eigenvalue weighted by Gasteiger charge is -1.98. The second-order valence-corrected chi connectivity index (χ2v) is 5.47. The van der Waals surface area contributed by atoms with Gasteiger partial charge in [0.2, 0.25) is 0 Å². The van der Waals surface area contributed by atoms with Crippen LogP contribution in [0.25, 0.3) is 21.7 Å². The number of benzene rings is 1. The lowest BCUT2D eigenvalue weighted by molar-refractivity contribution is 0.0952. The lowest BCUT2D eigenvalue weighted by Crippen LogP contribution is -2.25. The molecule has 4 nitrogen and oxygen atoms in total. The molecule has 1 aromatic carbocycles. The fourth-order valence-electron chi connectivity index (χ4n) is 1.84. The van der Waals surface area contributed by atoms with Crippen molar-refractivity contribution < 1.29 is 9.21 Å². The summed E-state index contributed by atoms with van der Waals surface area (Å²) in [6, 6.07) is 9.71. The second kappa shape index (κ2) is 5.68. The Labute approximate surface area is 125 Å². The van der Waals surface area contributed by atoms with E-state index in [0.29, 0.717) is 28.8 Å². The minimum atomic E-state index is -0.183. The molecule has 0 aliphatic carbocycles. The van der Waals surface area contributed by atoms with Crippen molar-refractivity contribution in [3.8, 4) is 10.8 Å². The third-order valence-electron chi connectivity index (χ3n) is 2.77. The van der Waals surface area contributed by atoms with E-state index in [1.807, 2.05) is 30.3 Å². The number of fused-ring (bicyclic) bond motifs is 1. The molecular formula is C14H12N2O2S2. The van der Waals surface area contributed by atoms with Gasteiger partial charge in [0.1, 0.15) is 11.3 Å². The average Bonchev–Trinajstić information content (AvgIpc) is 3.10. The predicted octanol–water partition coefficient (Wildman–Crippen LogP) is 3.22. The van der Waals surface area contributed by atoms with E-state index in [2.05, 4.69) is 22.9 Å². The van der Waals surface area contributed by atoms with Crippen LogP contribution in [0.5, 0.6) is 0 Å². The van der Waals surface area contributed by atoms with E-state index in [-0.39, 0.29) is 5.91 Å². The number of nitrogens with zero attached hydrogens (tertiary/aromatic N) is 1. The predicted molar refractivity (Wildman–Crippen MR) is 83.5 cm³/mol. The van der Waals surface area contributed by atoms with Gasteiger partial charge in [-0.3, -0.25) is 4.79 Å². The summed E-state index contributed by atoms with van der Waals surface area (Å²) >= 11 is 5.45. The van der Waals surface area contributed by atoms with E-state index in [0.717, 1.165) is 11.0 Å². The summed E-state index contributed by atoms with van der Waals surface area (Å²) in [6.45, 7) is 0.527. The highest BCUT2D eigenvalue weighted by atomic mass is 32.1. The van der Waals surface area contributed by atoms with Crippen molar-refractivity contribution in [3.63, 3.8) is 0 Å². The minimum Gasteiger partial charge on any atom is -0.454 e. The molecule has 2 heterocycles. The van der Waals surface area contributed by atoms with Crippen LogP contribution in [0.2, 0.25) is 0 Å². The van der Waals surface area contributed by atoms with E-state index in [4.69, 9.17) is 4.42 Å². The van der Waals surface area contributed by atoms with Gasteiger partial charge in [0.15, 0.2) is 10.8 Å². The molecular weight excluding hydrogens is 292 g/mol. The van der Waals surface area contributed by atoms with Gasteiger partial charge in [-0.15, -0.1) is 11.3 Å². The maximum atomic E-state index is 11.8. The van der Waals surface area contributed by atoms with E-state index < -0.39 is 0 Å². The standard InChI is InChI=1S/C14H12N2O2S2/c17-13(15-5-6-19)10-8-20-14(16-10)12-7-9-3-1-2-4-11(9)18-12/h1-4,7-8,19H,5-6H2,(H,15,17). The Bertz CT molecular complexity index is 715. The van der Waals surface area contributed by atoms with Crippen molar-refractivity contribution in [2.24, 2.45) is 0 Å². The Kier molecular flexibility index (Phi) is 3.75. The molecule has 0 saturated heterocycles. The number of hydrogen-bond donors (Lipinski definition) is 2. The average molecular weight is 304 g/mol. The molecule has 0 aliphatic rings. The first kappa shape index (κ1) is 13.2. The molecule has 102 valence electrons. The summed E-state index contributed by atoms with van der Waals surface area (Å²) in [5, 5.41) is 6.20. The van der Waals surface area contributed by atoms with Gasteiger partial charge in [0, 0.05) is 23.1 Å². The number of carbonyl (C=O) groups excluding carboxylic acids is 1. The van der Waals surface area contributed by atoms with Crippen molar-refractivity contribution in [2.45, 2.75) is 0 Å². The molecule has 1 N–H and O–H groups in total. The van der Waals surface area contributed by atoms with Crippen LogP contribution in [0.4, 0.5) is 0 Å². The normalized spacial score (nSPS) is 10.8. The van der Waals surface area contributed by atoms with Gasteiger partial charge in [-0.2, -0.15) is 12.6 Å². The molecule has 6 heteroatoms. The summed E-state index contributed by atoms with van der Waals surface area (Å²) in [4.78, 5) is 16.1. The first-order chi connectivity index (χ1) is 9.78. The molecule has 3 aromatic rings. The van der Waals surface area contributed by atoms with Gasteiger partial charge >= 0.3 is 0 Å². The summed E-state index contributed by atoms with van der Waals surface area (Å²) in [5.41, 5.74) is 1.23. The van der Waals surface area contributed by atoms with E-state index in [1.54, 1.807) is 5.38 Å². The van der Waals surface area contributed by atoms with Crippen LogP contribution in [0.3, 0.4) is 0 Å². The van der Waals surface area contributed by atoms with E-state index in [1.165, 1.54) is 11.3 Å². The molecule has 2 aromatic heterocycles. The number of furan rings is 1.